The number of ether oxygens (including phenoxy) is 1. The fourth-order valence-corrected chi connectivity index (χ4v) is 3.58. The van der Waals surface area contributed by atoms with Crippen molar-refractivity contribution in [1.29, 1.82) is 0 Å². The van der Waals surface area contributed by atoms with E-state index in [0.29, 0.717) is 12.2 Å². The number of hydrogen-bond donors (Lipinski definition) is 0. The van der Waals surface area contributed by atoms with E-state index in [2.05, 4.69) is 6.92 Å². The number of rotatable bonds is 17. The molecule has 1 rings (SSSR count). The second kappa shape index (κ2) is 16.4. The van der Waals surface area contributed by atoms with Gasteiger partial charge in [0.05, 0.1) is 12.2 Å². The molecule has 28 heavy (non-hydrogen) atoms. The van der Waals surface area contributed by atoms with Gasteiger partial charge in [-0.05, 0) is 32.4 Å². The lowest BCUT2D eigenvalue weighted by atomic mass is 10.1. The van der Waals surface area contributed by atoms with Crippen LogP contribution in [-0.2, 0) is 0 Å². The summed E-state index contributed by atoms with van der Waals surface area (Å²) in [6.45, 7) is 8.44. The molecule has 0 N–H and O–H groups in total. The van der Waals surface area contributed by atoms with Crippen LogP contribution in [0.3, 0.4) is 0 Å². The molecular weight excluding hydrogens is 346 g/mol. The quantitative estimate of drug-likeness (QED) is 0.263. The molecule has 0 fully saturated rings. The summed E-state index contributed by atoms with van der Waals surface area (Å²) in [5.41, 5.74) is 0.685. The number of benzene rings is 1. The first-order valence-electron chi connectivity index (χ1n) is 11.8. The van der Waals surface area contributed by atoms with Crippen LogP contribution in [0.25, 0.3) is 0 Å². The summed E-state index contributed by atoms with van der Waals surface area (Å²) in [4.78, 5) is 14.4. The molecule has 3 heteroatoms. The van der Waals surface area contributed by atoms with E-state index in [1.165, 1.54) is 70.6 Å². The number of para-hydroxylation sites is 1. The van der Waals surface area contributed by atoms with Gasteiger partial charge in [0.15, 0.2) is 0 Å². The monoisotopic (exact) mass is 389 g/mol. The van der Waals surface area contributed by atoms with Gasteiger partial charge in [0.2, 0.25) is 0 Å². The van der Waals surface area contributed by atoms with Gasteiger partial charge in [-0.15, -0.1) is 0 Å². The van der Waals surface area contributed by atoms with Crippen LogP contribution >= 0.6 is 0 Å². The first kappa shape index (κ1) is 24.5. The van der Waals surface area contributed by atoms with E-state index >= 15 is 0 Å². The van der Waals surface area contributed by atoms with Gasteiger partial charge in [-0.1, -0.05) is 89.7 Å². The molecule has 1 aromatic rings. The molecule has 3 nitrogen and oxygen atoms in total. The van der Waals surface area contributed by atoms with E-state index in [-0.39, 0.29) is 5.91 Å². The Morgan fingerprint density at radius 1 is 0.750 bits per heavy atom. The topological polar surface area (TPSA) is 29.5 Å². The minimum Gasteiger partial charge on any atom is -0.493 e. The maximum atomic E-state index is 12.6. The number of amides is 1. The lowest BCUT2D eigenvalue weighted by Crippen LogP contribution is -2.30. The summed E-state index contributed by atoms with van der Waals surface area (Å²) in [6, 6.07) is 7.64. The van der Waals surface area contributed by atoms with Gasteiger partial charge in [0, 0.05) is 13.1 Å². The summed E-state index contributed by atoms with van der Waals surface area (Å²) in [5, 5.41) is 0. The van der Waals surface area contributed by atoms with Crippen LogP contribution in [0.4, 0.5) is 0 Å². The largest absolute Gasteiger partial charge is 0.493 e. The highest BCUT2D eigenvalue weighted by molar-refractivity contribution is 5.96. The summed E-state index contributed by atoms with van der Waals surface area (Å²) < 4.78 is 5.94. The minimum atomic E-state index is 0.0651. The molecule has 1 aromatic carbocycles. The minimum absolute atomic E-state index is 0.0651. The zero-order valence-corrected chi connectivity index (χ0v) is 18.7. The zero-order chi connectivity index (χ0) is 20.5. The van der Waals surface area contributed by atoms with Crippen molar-refractivity contribution in [2.45, 2.75) is 97.8 Å². The van der Waals surface area contributed by atoms with Crippen LogP contribution < -0.4 is 4.74 Å². The van der Waals surface area contributed by atoms with E-state index in [9.17, 15) is 4.79 Å². The van der Waals surface area contributed by atoms with Gasteiger partial charge < -0.3 is 9.64 Å². The molecule has 0 unspecified atom stereocenters. The second-order valence-electron chi connectivity index (χ2n) is 7.71. The Labute approximate surface area is 173 Å². The van der Waals surface area contributed by atoms with E-state index < -0.39 is 0 Å². The SMILES string of the molecule is CCCCCCCCCCCCCCOc1ccccc1C(=O)N(CC)CC. The standard InChI is InChI=1S/C25H43NO2/c1-4-7-8-9-10-11-12-13-14-15-16-19-22-28-24-21-18-17-20-23(24)25(27)26(5-2)6-3/h17-18,20-21H,4-16,19,22H2,1-3H3. The second-order valence-corrected chi connectivity index (χ2v) is 7.71. The average Bonchev–Trinajstić information content (AvgIpc) is 2.72. The van der Waals surface area contributed by atoms with Gasteiger partial charge in [-0.2, -0.15) is 0 Å². The van der Waals surface area contributed by atoms with Gasteiger partial charge >= 0.3 is 0 Å². The Kier molecular flexibility index (Phi) is 14.4. The Morgan fingerprint density at radius 2 is 1.25 bits per heavy atom. The smallest absolute Gasteiger partial charge is 0.257 e. The van der Waals surface area contributed by atoms with E-state index in [1.54, 1.807) is 0 Å². The van der Waals surface area contributed by atoms with Crippen LogP contribution in [0.1, 0.15) is 108 Å². The van der Waals surface area contributed by atoms with Crippen LogP contribution in [0, 0.1) is 0 Å². The molecular formula is C25H43NO2. The van der Waals surface area contributed by atoms with Gasteiger partial charge in [-0.25, -0.2) is 0 Å². The van der Waals surface area contributed by atoms with Crippen molar-refractivity contribution in [2.24, 2.45) is 0 Å². The third-order valence-corrected chi connectivity index (χ3v) is 5.42. The molecule has 1 amide bonds. The predicted molar refractivity (Wildman–Crippen MR) is 120 cm³/mol. The van der Waals surface area contributed by atoms with E-state index in [0.717, 1.165) is 25.3 Å². The normalized spacial score (nSPS) is 10.8. The van der Waals surface area contributed by atoms with Crippen molar-refractivity contribution in [2.75, 3.05) is 19.7 Å². The fourth-order valence-electron chi connectivity index (χ4n) is 3.58. The molecule has 0 saturated heterocycles. The van der Waals surface area contributed by atoms with Gasteiger partial charge in [0.25, 0.3) is 5.91 Å². The molecule has 0 aliphatic rings. The molecule has 0 aromatic heterocycles. The number of hydrogen-bond acceptors (Lipinski definition) is 2. The molecule has 0 radical (unpaired) electrons. The third kappa shape index (κ3) is 10.1. The van der Waals surface area contributed by atoms with Crippen LogP contribution in [0.5, 0.6) is 5.75 Å². The Bertz CT molecular complexity index is 511. The highest BCUT2D eigenvalue weighted by Crippen LogP contribution is 2.20. The highest BCUT2D eigenvalue weighted by Gasteiger charge is 2.16. The van der Waals surface area contributed by atoms with Gasteiger partial charge in [-0.3, -0.25) is 4.79 Å². The Morgan fingerprint density at radius 3 is 1.79 bits per heavy atom. The van der Waals surface area contributed by atoms with Gasteiger partial charge in [0.1, 0.15) is 5.75 Å². The maximum absolute atomic E-state index is 12.6. The fraction of sp³-hybridized carbons (Fsp3) is 0.720. The number of carbonyl (C=O) groups is 1. The van der Waals surface area contributed by atoms with Crippen molar-refractivity contribution >= 4 is 5.91 Å². The lowest BCUT2D eigenvalue weighted by molar-refractivity contribution is 0.0768. The number of nitrogens with zero attached hydrogens (tertiary/aromatic N) is 1. The first-order valence-corrected chi connectivity index (χ1v) is 11.8. The van der Waals surface area contributed by atoms with Crippen molar-refractivity contribution in [3.05, 3.63) is 29.8 Å². The zero-order valence-electron chi connectivity index (χ0n) is 18.7. The molecule has 0 atom stereocenters. The molecule has 0 spiro atoms. The number of carbonyl (C=O) groups excluding carboxylic acids is 1. The number of unbranched alkanes of at least 4 members (excludes halogenated alkanes) is 11. The Balaban J connectivity index is 2.13. The predicted octanol–water partition coefficient (Wildman–Crippen LogP) is 7.25. The summed E-state index contributed by atoms with van der Waals surface area (Å²) in [6.07, 6.45) is 16.1. The third-order valence-electron chi connectivity index (χ3n) is 5.42. The highest BCUT2D eigenvalue weighted by atomic mass is 16.5. The molecule has 0 heterocycles. The first-order chi connectivity index (χ1) is 13.7. The van der Waals surface area contributed by atoms with Crippen molar-refractivity contribution < 1.29 is 9.53 Å². The van der Waals surface area contributed by atoms with Crippen molar-refractivity contribution in [3.8, 4) is 5.75 Å². The summed E-state index contributed by atoms with van der Waals surface area (Å²) in [5.74, 6) is 0.790. The van der Waals surface area contributed by atoms with Crippen LogP contribution in [0.2, 0.25) is 0 Å². The van der Waals surface area contributed by atoms with Crippen molar-refractivity contribution in [3.63, 3.8) is 0 Å². The van der Waals surface area contributed by atoms with Crippen molar-refractivity contribution in [1.82, 2.24) is 4.90 Å². The molecule has 0 saturated carbocycles. The molecule has 0 aliphatic heterocycles. The molecule has 160 valence electrons. The van der Waals surface area contributed by atoms with E-state index in [4.69, 9.17) is 4.74 Å². The maximum Gasteiger partial charge on any atom is 0.257 e. The molecule has 0 aliphatic carbocycles. The summed E-state index contributed by atoms with van der Waals surface area (Å²) in [7, 11) is 0. The Hall–Kier alpha value is -1.51. The van der Waals surface area contributed by atoms with Crippen LogP contribution in [0.15, 0.2) is 24.3 Å². The lowest BCUT2D eigenvalue weighted by Gasteiger charge is -2.20. The molecule has 0 bridgehead atoms. The average molecular weight is 390 g/mol. The van der Waals surface area contributed by atoms with E-state index in [1.807, 2.05) is 43.0 Å². The van der Waals surface area contributed by atoms with Crippen LogP contribution in [-0.4, -0.2) is 30.5 Å². The summed E-state index contributed by atoms with van der Waals surface area (Å²) >= 11 is 0.